The molecule has 2 nitrogen and oxygen atoms in total. The zero-order valence-electron chi connectivity index (χ0n) is 10.6. The lowest BCUT2D eigenvalue weighted by Crippen LogP contribution is -2.22. The molecule has 1 N–H and O–H groups in total. The van der Waals surface area contributed by atoms with Gasteiger partial charge in [-0.25, -0.2) is 0 Å². The molecule has 96 valence electrons. The van der Waals surface area contributed by atoms with Gasteiger partial charge >= 0.3 is 0 Å². The van der Waals surface area contributed by atoms with E-state index in [1.54, 1.807) is 11.3 Å². The van der Waals surface area contributed by atoms with Crippen LogP contribution in [0.5, 0.6) is 0 Å². The maximum Gasteiger partial charge on any atom is 0.0794 e. The van der Waals surface area contributed by atoms with Gasteiger partial charge in [0, 0.05) is 22.1 Å². The Morgan fingerprint density at radius 3 is 2.89 bits per heavy atom. The summed E-state index contributed by atoms with van der Waals surface area (Å²) in [4.78, 5) is 5.41. The normalized spacial score (nSPS) is 12.6. The van der Waals surface area contributed by atoms with Crippen molar-refractivity contribution in [3.8, 4) is 0 Å². The van der Waals surface area contributed by atoms with Gasteiger partial charge in [-0.15, -0.1) is 11.3 Å². The molecule has 1 atom stereocenters. The number of rotatable bonds is 5. The van der Waals surface area contributed by atoms with Crippen molar-refractivity contribution in [1.29, 1.82) is 0 Å². The third kappa shape index (κ3) is 3.31. The third-order valence-electron chi connectivity index (χ3n) is 2.88. The highest BCUT2D eigenvalue weighted by Gasteiger charge is 2.14. The second-order valence-corrected chi connectivity index (χ2v) is 5.64. The molecule has 4 heteroatoms. The zero-order chi connectivity index (χ0) is 13.0. The molecular formula is C14H17ClN2S. The number of aryl methyl sites for hydroxylation is 1. The second-order valence-electron chi connectivity index (χ2n) is 4.31. The van der Waals surface area contributed by atoms with Gasteiger partial charge in [-0.05, 0) is 37.1 Å². The highest BCUT2D eigenvalue weighted by Crippen LogP contribution is 2.26. The van der Waals surface area contributed by atoms with Crippen LogP contribution in [0.3, 0.4) is 0 Å². The van der Waals surface area contributed by atoms with Gasteiger partial charge in [-0.1, -0.05) is 30.7 Å². The Bertz CT molecular complexity index is 497. The lowest BCUT2D eigenvalue weighted by atomic mass is 10.0. The average Bonchev–Trinajstić information content (AvgIpc) is 2.85. The van der Waals surface area contributed by atoms with Crippen molar-refractivity contribution in [1.82, 2.24) is 10.3 Å². The quantitative estimate of drug-likeness (QED) is 0.895. The highest BCUT2D eigenvalue weighted by atomic mass is 35.5. The van der Waals surface area contributed by atoms with Crippen LogP contribution in [0.25, 0.3) is 0 Å². The van der Waals surface area contributed by atoms with Crippen LogP contribution < -0.4 is 5.32 Å². The van der Waals surface area contributed by atoms with Gasteiger partial charge in [-0.2, -0.15) is 0 Å². The number of aromatic nitrogens is 1. The predicted molar refractivity (Wildman–Crippen MR) is 78.4 cm³/mol. The van der Waals surface area contributed by atoms with Crippen LogP contribution in [0.15, 0.2) is 29.9 Å². The van der Waals surface area contributed by atoms with Gasteiger partial charge in [-0.3, -0.25) is 4.98 Å². The molecule has 0 amide bonds. The fourth-order valence-electron chi connectivity index (χ4n) is 1.96. The zero-order valence-corrected chi connectivity index (χ0v) is 12.2. The Hall–Kier alpha value is -0.900. The Morgan fingerprint density at radius 2 is 2.28 bits per heavy atom. The summed E-state index contributed by atoms with van der Waals surface area (Å²) in [5.41, 5.74) is 4.25. The van der Waals surface area contributed by atoms with Gasteiger partial charge in [0.25, 0.3) is 0 Å². The molecule has 0 aliphatic carbocycles. The molecule has 1 aromatic heterocycles. The number of benzene rings is 1. The largest absolute Gasteiger partial charge is 0.309 e. The summed E-state index contributed by atoms with van der Waals surface area (Å²) in [5.74, 6) is 0. The van der Waals surface area contributed by atoms with Gasteiger partial charge in [0.15, 0.2) is 0 Å². The van der Waals surface area contributed by atoms with Crippen LogP contribution in [0.1, 0.15) is 29.0 Å². The number of halogens is 1. The van der Waals surface area contributed by atoms with Crippen molar-refractivity contribution in [3.63, 3.8) is 0 Å². The van der Waals surface area contributed by atoms with E-state index in [1.165, 1.54) is 16.0 Å². The van der Waals surface area contributed by atoms with Crippen LogP contribution in [0.4, 0.5) is 0 Å². The van der Waals surface area contributed by atoms with Crippen LogP contribution in [0, 0.1) is 6.92 Å². The van der Waals surface area contributed by atoms with Crippen LogP contribution in [-0.4, -0.2) is 11.5 Å². The fourth-order valence-corrected chi connectivity index (χ4v) is 2.96. The van der Waals surface area contributed by atoms with Crippen LogP contribution in [0.2, 0.25) is 5.02 Å². The molecule has 1 aromatic carbocycles. The predicted octanol–water partition coefficient (Wildman–Crippen LogP) is 4.00. The number of hydrogen-bond donors (Lipinski definition) is 1. The van der Waals surface area contributed by atoms with E-state index < -0.39 is 0 Å². The van der Waals surface area contributed by atoms with Gasteiger partial charge in [0.2, 0.25) is 0 Å². The Kier molecular flexibility index (Phi) is 4.75. The monoisotopic (exact) mass is 280 g/mol. The number of nitrogens with zero attached hydrogens (tertiary/aromatic N) is 1. The smallest absolute Gasteiger partial charge is 0.0794 e. The SMILES string of the molecule is CCNC(Cc1ccc(C)cc1Cl)c1cncs1. The van der Waals surface area contributed by atoms with Crippen molar-refractivity contribution >= 4 is 22.9 Å². The Balaban J connectivity index is 2.18. The molecule has 0 radical (unpaired) electrons. The van der Waals surface area contributed by atoms with Gasteiger partial charge < -0.3 is 5.32 Å². The minimum Gasteiger partial charge on any atom is -0.309 e. The fraction of sp³-hybridized carbons (Fsp3) is 0.357. The van der Waals surface area contributed by atoms with Crippen molar-refractivity contribution in [2.45, 2.75) is 26.3 Å². The maximum atomic E-state index is 6.30. The van der Waals surface area contributed by atoms with Gasteiger partial charge in [0.1, 0.15) is 0 Å². The minimum atomic E-state index is 0.294. The van der Waals surface area contributed by atoms with E-state index in [2.05, 4.69) is 36.3 Å². The van der Waals surface area contributed by atoms with E-state index in [-0.39, 0.29) is 0 Å². The summed E-state index contributed by atoms with van der Waals surface area (Å²) >= 11 is 7.98. The number of nitrogens with one attached hydrogen (secondary N) is 1. The molecule has 1 heterocycles. The van der Waals surface area contributed by atoms with E-state index in [0.29, 0.717) is 6.04 Å². The molecule has 0 bridgehead atoms. The molecule has 0 saturated heterocycles. The molecule has 0 aliphatic rings. The summed E-state index contributed by atoms with van der Waals surface area (Å²) in [6, 6.07) is 6.54. The minimum absolute atomic E-state index is 0.294. The molecule has 0 spiro atoms. The first-order valence-electron chi connectivity index (χ1n) is 6.07. The lowest BCUT2D eigenvalue weighted by Gasteiger charge is -2.17. The van der Waals surface area contributed by atoms with E-state index in [9.17, 15) is 0 Å². The molecule has 0 fully saturated rings. The summed E-state index contributed by atoms with van der Waals surface area (Å²) in [6.45, 7) is 5.11. The lowest BCUT2D eigenvalue weighted by molar-refractivity contribution is 0.557. The summed E-state index contributed by atoms with van der Waals surface area (Å²) in [7, 11) is 0. The molecule has 1 unspecified atom stereocenters. The van der Waals surface area contributed by atoms with Crippen molar-refractivity contribution in [2.75, 3.05) is 6.54 Å². The molecule has 2 rings (SSSR count). The number of likely N-dealkylation sites (N-methyl/N-ethyl adjacent to an activating group) is 1. The third-order valence-corrected chi connectivity index (χ3v) is 4.12. The Morgan fingerprint density at radius 1 is 1.44 bits per heavy atom. The maximum absolute atomic E-state index is 6.30. The van der Waals surface area contributed by atoms with Crippen LogP contribution >= 0.6 is 22.9 Å². The van der Waals surface area contributed by atoms with E-state index in [0.717, 1.165) is 18.0 Å². The number of thiazole rings is 1. The summed E-state index contributed by atoms with van der Waals surface area (Å²) in [5, 5.41) is 4.34. The average molecular weight is 281 g/mol. The molecule has 18 heavy (non-hydrogen) atoms. The van der Waals surface area contributed by atoms with E-state index in [1.807, 2.05) is 17.8 Å². The first kappa shape index (κ1) is 13.5. The van der Waals surface area contributed by atoms with Crippen molar-refractivity contribution in [2.24, 2.45) is 0 Å². The van der Waals surface area contributed by atoms with E-state index >= 15 is 0 Å². The van der Waals surface area contributed by atoms with Crippen molar-refractivity contribution < 1.29 is 0 Å². The summed E-state index contributed by atoms with van der Waals surface area (Å²) < 4.78 is 0. The van der Waals surface area contributed by atoms with Crippen LogP contribution in [-0.2, 0) is 6.42 Å². The van der Waals surface area contributed by atoms with Gasteiger partial charge in [0.05, 0.1) is 5.51 Å². The van der Waals surface area contributed by atoms with E-state index in [4.69, 9.17) is 11.6 Å². The number of hydrogen-bond acceptors (Lipinski definition) is 3. The first-order valence-corrected chi connectivity index (χ1v) is 7.33. The summed E-state index contributed by atoms with van der Waals surface area (Å²) in [6.07, 6.45) is 2.83. The topological polar surface area (TPSA) is 24.9 Å². The first-order chi connectivity index (χ1) is 8.70. The highest BCUT2D eigenvalue weighted by molar-refractivity contribution is 7.09. The second kappa shape index (κ2) is 6.32. The van der Waals surface area contributed by atoms with Crippen molar-refractivity contribution in [3.05, 3.63) is 50.9 Å². The molecule has 0 saturated carbocycles. The molecule has 0 aliphatic heterocycles. The molecule has 2 aromatic rings. The molecular weight excluding hydrogens is 264 g/mol. The Labute approximate surface area is 117 Å². The standard InChI is InChI=1S/C14H17ClN2S/c1-3-17-13(14-8-16-9-18-14)7-11-5-4-10(2)6-12(11)15/h4-6,8-9,13,17H,3,7H2,1-2H3.